The summed E-state index contributed by atoms with van der Waals surface area (Å²) in [6.07, 6.45) is 0. The molecular formula is C14H11BrClNO3. The summed E-state index contributed by atoms with van der Waals surface area (Å²) in [6, 6.07) is 7.12. The van der Waals surface area contributed by atoms with Crippen molar-refractivity contribution >= 4 is 39.1 Å². The zero-order valence-electron chi connectivity index (χ0n) is 10.4. The van der Waals surface area contributed by atoms with Gasteiger partial charge in [-0.25, -0.2) is 0 Å². The molecule has 20 heavy (non-hydrogen) atoms. The van der Waals surface area contributed by atoms with E-state index in [2.05, 4.69) is 21.2 Å². The monoisotopic (exact) mass is 355 g/mol. The number of nitrogens with one attached hydrogen (secondary N) is 1. The van der Waals surface area contributed by atoms with Crippen LogP contribution in [0, 0.1) is 6.92 Å². The van der Waals surface area contributed by atoms with Gasteiger partial charge in [-0.2, -0.15) is 0 Å². The smallest absolute Gasteiger partial charge is 0.259 e. The van der Waals surface area contributed by atoms with Gasteiger partial charge in [0.2, 0.25) is 0 Å². The zero-order chi connectivity index (χ0) is 14.9. The Balaban J connectivity index is 2.32. The van der Waals surface area contributed by atoms with E-state index in [1.807, 2.05) is 6.92 Å². The third kappa shape index (κ3) is 3.05. The van der Waals surface area contributed by atoms with Crippen LogP contribution < -0.4 is 5.32 Å². The Kier molecular flexibility index (Phi) is 4.20. The van der Waals surface area contributed by atoms with Gasteiger partial charge in [0.25, 0.3) is 5.91 Å². The standard InChI is InChI=1S/C14H11BrClNO3/c1-7-4-10(15)12(6-11(7)16)17-14(20)9-5-8(18)2-3-13(9)19/h2-6,18-19H,1H3,(H,17,20). The fourth-order valence-corrected chi connectivity index (χ4v) is 2.36. The van der Waals surface area contributed by atoms with Crippen LogP contribution in [0.3, 0.4) is 0 Å². The largest absolute Gasteiger partial charge is 0.508 e. The second kappa shape index (κ2) is 5.73. The van der Waals surface area contributed by atoms with E-state index in [1.54, 1.807) is 12.1 Å². The van der Waals surface area contributed by atoms with E-state index >= 15 is 0 Å². The summed E-state index contributed by atoms with van der Waals surface area (Å²) in [4.78, 5) is 12.1. The maximum absolute atomic E-state index is 12.1. The van der Waals surface area contributed by atoms with Crippen molar-refractivity contribution in [2.24, 2.45) is 0 Å². The first-order valence-electron chi connectivity index (χ1n) is 5.67. The Morgan fingerprint density at radius 3 is 2.65 bits per heavy atom. The van der Waals surface area contributed by atoms with Gasteiger partial charge in [-0.15, -0.1) is 0 Å². The Morgan fingerprint density at radius 2 is 1.95 bits per heavy atom. The molecule has 1 amide bonds. The maximum atomic E-state index is 12.1. The SMILES string of the molecule is Cc1cc(Br)c(NC(=O)c2cc(O)ccc2O)cc1Cl. The number of aryl methyl sites for hydroxylation is 1. The number of hydrogen-bond acceptors (Lipinski definition) is 3. The molecule has 0 bridgehead atoms. The zero-order valence-corrected chi connectivity index (χ0v) is 12.8. The highest BCUT2D eigenvalue weighted by Gasteiger charge is 2.14. The van der Waals surface area contributed by atoms with Crippen molar-refractivity contribution in [2.75, 3.05) is 5.32 Å². The molecule has 2 aromatic carbocycles. The van der Waals surface area contributed by atoms with Crippen molar-refractivity contribution in [3.8, 4) is 11.5 Å². The number of aromatic hydroxyl groups is 2. The van der Waals surface area contributed by atoms with E-state index in [0.717, 1.165) is 5.56 Å². The summed E-state index contributed by atoms with van der Waals surface area (Å²) in [7, 11) is 0. The molecule has 0 aliphatic carbocycles. The van der Waals surface area contributed by atoms with E-state index in [4.69, 9.17) is 11.6 Å². The van der Waals surface area contributed by atoms with E-state index < -0.39 is 5.91 Å². The van der Waals surface area contributed by atoms with E-state index in [0.29, 0.717) is 15.2 Å². The summed E-state index contributed by atoms with van der Waals surface area (Å²) < 4.78 is 0.674. The molecule has 104 valence electrons. The molecule has 0 saturated heterocycles. The number of carbonyl (C=O) groups excluding carboxylic acids is 1. The van der Waals surface area contributed by atoms with Gasteiger partial charge in [0.05, 0.1) is 11.3 Å². The molecule has 0 aliphatic heterocycles. The molecule has 6 heteroatoms. The lowest BCUT2D eigenvalue weighted by atomic mass is 10.1. The molecular weight excluding hydrogens is 346 g/mol. The predicted octanol–water partition coefficient (Wildman–Crippen LogP) is 4.07. The Labute approximate surface area is 129 Å². The number of phenolic OH excluding ortho intramolecular Hbond substituents is 2. The highest BCUT2D eigenvalue weighted by molar-refractivity contribution is 9.10. The molecule has 0 spiro atoms. The first-order valence-corrected chi connectivity index (χ1v) is 6.84. The molecule has 0 atom stereocenters. The van der Waals surface area contributed by atoms with Gasteiger partial charge >= 0.3 is 0 Å². The number of hydrogen-bond donors (Lipinski definition) is 3. The van der Waals surface area contributed by atoms with Gasteiger partial charge < -0.3 is 15.5 Å². The summed E-state index contributed by atoms with van der Waals surface area (Å²) in [6.45, 7) is 1.85. The highest BCUT2D eigenvalue weighted by atomic mass is 79.9. The van der Waals surface area contributed by atoms with Crippen molar-refractivity contribution < 1.29 is 15.0 Å². The van der Waals surface area contributed by atoms with Crippen LogP contribution in [-0.2, 0) is 0 Å². The summed E-state index contributed by atoms with van der Waals surface area (Å²) in [5.74, 6) is -0.859. The van der Waals surface area contributed by atoms with Gasteiger partial charge in [0, 0.05) is 9.50 Å². The number of carbonyl (C=O) groups is 1. The number of phenols is 2. The minimum Gasteiger partial charge on any atom is -0.508 e. The fourth-order valence-electron chi connectivity index (χ4n) is 1.64. The Morgan fingerprint density at radius 1 is 1.25 bits per heavy atom. The van der Waals surface area contributed by atoms with Crippen LogP contribution in [0.1, 0.15) is 15.9 Å². The predicted molar refractivity (Wildman–Crippen MR) is 81.6 cm³/mol. The van der Waals surface area contributed by atoms with Gasteiger partial charge in [-0.1, -0.05) is 11.6 Å². The third-order valence-electron chi connectivity index (χ3n) is 2.72. The van der Waals surface area contributed by atoms with Crippen LogP contribution in [0.5, 0.6) is 11.5 Å². The number of halogens is 2. The van der Waals surface area contributed by atoms with Crippen LogP contribution in [0.4, 0.5) is 5.69 Å². The number of rotatable bonds is 2. The lowest BCUT2D eigenvalue weighted by Gasteiger charge is -2.10. The Hall–Kier alpha value is -1.72. The molecule has 4 nitrogen and oxygen atoms in total. The maximum Gasteiger partial charge on any atom is 0.259 e. The van der Waals surface area contributed by atoms with Crippen LogP contribution >= 0.6 is 27.5 Å². The Bertz CT molecular complexity index is 688. The molecule has 0 heterocycles. The number of anilines is 1. The molecule has 3 N–H and O–H groups in total. The van der Waals surface area contributed by atoms with Crippen molar-refractivity contribution in [2.45, 2.75) is 6.92 Å². The summed E-state index contributed by atoms with van der Waals surface area (Å²) in [5.41, 5.74) is 1.33. The van der Waals surface area contributed by atoms with Crippen LogP contribution in [0.25, 0.3) is 0 Å². The minimum atomic E-state index is -0.543. The average Bonchev–Trinajstić information content (AvgIpc) is 2.38. The van der Waals surface area contributed by atoms with Crippen molar-refractivity contribution in [1.29, 1.82) is 0 Å². The number of amides is 1. The van der Waals surface area contributed by atoms with Crippen molar-refractivity contribution in [3.63, 3.8) is 0 Å². The lowest BCUT2D eigenvalue weighted by Crippen LogP contribution is -2.12. The van der Waals surface area contributed by atoms with Crippen LogP contribution in [0.15, 0.2) is 34.8 Å². The van der Waals surface area contributed by atoms with Crippen LogP contribution in [0.2, 0.25) is 5.02 Å². The topological polar surface area (TPSA) is 69.6 Å². The second-order valence-corrected chi connectivity index (χ2v) is 5.50. The van der Waals surface area contributed by atoms with Gasteiger partial charge in [0.1, 0.15) is 11.5 Å². The molecule has 0 saturated carbocycles. The van der Waals surface area contributed by atoms with Gasteiger partial charge in [0.15, 0.2) is 0 Å². The van der Waals surface area contributed by atoms with E-state index in [-0.39, 0.29) is 17.1 Å². The second-order valence-electron chi connectivity index (χ2n) is 4.24. The molecule has 0 aliphatic rings. The van der Waals surface area contributed by atoms with Crippen LogP contribution in [-0.4, -0.2) is 16.1 Å². The fraction of sp³-hybridized carbons (Fsp3) is 0.0714. The van der Waals surface area contributed by atoms with E-state index in [9.17, 15) is 15.0 Å². The van der Waals surface area contributed by atoms with Crippen molar-refractivity contribution in [3.05, 3.63) is 51.0 Å². The minimum absolute atomic E-state index is 0.0198. The molecule has 0 fully saturated rings. The summed E-state index contributed by atoms with van der Waals surface area (Å²) in [5, 5.41) is 22.1. The van der Waals surface area contributed by atoms with Gasteiger partial charge in [-0.05, 0) is 58.7 Å². The highest BCUT2D eigenvalue weighted by Crippen LogP contribution is 2.30. The van der Waals surface area contributed by atoms with Gasteiger partial charge in [-0.3, -0.25) is 4.79 Å². The summed E-state index contributed by atoms with van der Waals surface area (Å²) >= 11 is 9.34. The first kappa shape index (κ1) is 14.7. The average molecular weight is 357 g/mol. The number of benzene rings is 2. The third-order valence-corrected chi connectivity index (χ3v) is 3.78. The quantitative estimate of drug-likeness (QED) is 0.710. The van der Waals surface area contributed by atoms with E-state index in [1.165, 1.54) is 18.2 Å². The molecule has 0 aromatic heterocycles. The first-order chi connectivity index (χ1) is 9.38. The molecule has 2 aromatic rings. The lowest BCUT2D eigenvalue weighted by molar-refractivity contribution is 0.102. The molecule has 0 radical (unpaired) electrons. The molecule has 2 rings (SSSR count). The molecule has 0 unspecified atom stereocenters. The van der Waals surface area contributed by atoms with Crippen molar-refractivity contribution in [1.82, 2.24) is 0 Å². The normalized spacial score (nSPS) is 10.3.